The number of anilines is 2. The number of amides is 4. The fourth-order valence-electron chi connectivity index (χ4n) is 4.54. The fraction of sp³-hybridized carbons (Fsp3) is 0.304. The van der Waals surface area contributed by atoms with Gasteiger partial charge in [0.2, 0.25) is 5.91 Å². The van der Waals surface area contributed by atoms with Crippen molar-refractivity contribution >= 4 is 34.9 Å². The molecule has 5 rings (SSSR count). The van der Waals surface area contributed by atoms with Gasteiger partial charge < -0.3 is 19.9 Å². The second-order valence-corrected chi connectivity index (χ2v) is 8.57. The van der Waals surface area contributed by atoms with E-state index in [0.717, 1.165) is 40.5 Å². The number of rotatable bonds is 4. The number of nitrogens with one attached hydrogen (secondary N) is 2. The van der Waals surface area contributed by atoms with Gasteiger partial charge in [-0.15, -0.1) is 0 Å². The van der Waals surface area contributed by atoms with Gasteiger partial charge in [-0.25, -0.2) is 9.78 Å². The molecule has 0 unspecified atom stereocenters. The lowest BCUT2D eigenvalue weighted by molar-refractivity contribution is -0.137. The Morgan fingerprint density at radius 3 is 2.49 bits per heavy atom. The van der Waals surface area contributed by atoms with Crippen LogP contribution >= 0.6 is 0 Å². The van der Waals surface area contributed by atoms with Crippen molar-refractivity contribution in [2.24, 2.45) is 0 Å². The second-order valence-electron chi connectivity index (χ2n) is 8.57. The van der Waals surface area contributed by atoms with Crippen LogP contribution in [0.4, 0.5) is 29.5 Å². The van der Waals surface area contributed by atoms with E-state index in [1.165, 1.54) is 0 Å². The van der Waals surface area contributed by atoms with E-state index in [4.69, 9.17) is 0 Å². The Morgan fingerprint density at radius 1 is 1.09 bits per heavy atom. The number of urea groups is 1. The van der Waals surface area contributed by atoms with Gasteiger partial charge in [0.25, 0.3) is 5.91 Å². The summed E-state index contributed by atoms with van der Waals surface area (Å²) in [5, 5.41) is 5.17. The molecule has 182 valence electrons. The van der Waals surface area contributed by atoms with Gasteiger partial charge in [0.1, 0.15) is 12.1 Å². The third-order valence-corrected chi connectivity index (χ3v) is 6.39. The third-order valence-electron chi connectivity index (χ3n) is 6.39. The molecule has 3 aromatic rings. The summed E-state index contributed by atoms with van der Waals surface area (Å²) in [6.45, 7) is 0.424. The van der Waals surface area contributed by atoms with Crippen LogP contribution in [0, 0.1) is 0 Å². The summed E-state index contributed by atoms with van der Waals surface area (Å²) in [6.07, 6.45) is 1.66. The Bertz CT molecular complexity index is 1300. The predicted molar refractivity (Wildman–Crippen MR) is 120 cm³/mol. The Balaban J connectivity index is 1.22. The Kier molecular flexibility index (Phi) is 5.37. The molecule has 9 nitrogen and oxygen atoms in total. The van der Waals surface area contributed by atoms with Crippen LogP contribution in [0.5, 0.6) is 0 Å². The van der Waals surface area contributed by atoms with E-state index in [-0.39, 0.29) is 5.69 Å². The summed E-state index contributed by atoms with van der Waals surface area (Å²) < 4.78 is 40.1. The van der Waals surface area contributed by atoms with Crippen LogP contribution in [0.15, 0.2) is 55.0 Å². The van der Waals surface area contributed by atoms with Crippen LogP contribution in [0.2, 0.25) is 0 Å². The minimum atomic E-state index is -4.49. The lowest BCUT2D eigenvalue weighted by atomic mass is 9.87. The number of hydrogen-bond donors (Lipinski definition) is 2. The molecule has 0 radical (unpaired) electrons. The lowest BCUT2D eigenvalue weighted by Crippen LogP contribution is -2.55. The van der Waals surface area contributed by atoms with E-state index in [2.05, 4.69) is 20.5 Å². The summed E-state index contributed by atoms with van der Waals surface area (Å²) in [4.78, 5) is 45.5. The summed E-state index contributed by atoms with van der Waals surface area (Å²) >= 11 is 0. The lowest BCUT2D eigenvalue weighted by Gasteiger charge is -2.38. The number of imide groups is 1. The number of benzene rings is 1. The molecule has 2 aliphatic rings. The molecule has 2 aliphatic heterocycles. The van der Waals surface area contributed by atoms with Gasteiger partial charge in [-0.1, -0.05) is 0 Å². The van der Waals surface area contributed by atoms with Crippen LogP contribution in [0.3, 0.4) is 0 Å². The van der Waals surface area contributed by atoms with Crippen molar-refractivity contribution in [1.29, 1.82) is 0 Å². The molecule has 35 heavy (non-hydrogen) atoms. The second kappa shape index (κ2) is 8.29. The molecule has 2 fully saturated rings. The van der Waals surface area contributed by atoms with Crippen molar-refractivity contribution in [3.8, 4) is 0 Å². The Hall–Kier alpha value is -4.09. The number of fused-ring (bicyclic) bond motifs is 1. The first-order valence-electron chi connectivity index (χ1n) is 10.9. The van der Waals surface area contributed by atoms with Crippen molar-refractivity contribution in [2.75, 3.05) is 29.9 Å². The first-order valence-corrected chi connectivity index (χ1v) is 10.9. The number of piperidine rings is 1. The Labute approximate surface area is 197 Å². The van der Waals surface area contributed by atoms with E-state index in [9.17, 15) is 27.6 Å². The summed E-state index contributed by atoms with van der Waals surface area (Å²) in [5.41, 5.74) is -0.881. The van der Waals surface area contributed by atoms with Crippen molar-refractivity contribution < 1.29 is 27.6 Å². The molecule has 4 heterocycles. The van der Waals surface area contributed by atoms with E-state index >= 15 is 0 Å². The molecule has 2 N–H and O–H groups in total. The van der Waals surface area contributed by atoms with Gasteiger partial charge in [0.15, 0.2) is 5.82 Å². The summed E-state index contributed by atoms with van der Waals surface area (Å²) in [7, 11) is 0. The molecule has 1 spiro atoms. The predicted octanol–water partition coefficient (Wildman–Crippen LogP) is 2.88. The molecule has 4 amide bonds. The van der Waals surface area contributed by atoms with Crippen molar-refractivity contribution in [1.82, 2.24) is 19.6 Å². The molecule has 12 heteroatoms. The van der Waals surface area contributed by atoms with Gasteiger partial charge in [0.05, 0.1) is 11.1 Å². The van der Waals surface area contributed by atoms with Gasteiger partial charge in [-0.2, -0.15) is 13.2 Å². The average Bonchev–Trinajstić information content (AvgIpc) is 3.39. The van der Waals surface area contributed by atoms with Crippen LogP contribution in [-0.4, -0.2) is 57.3 Å². The number of alkyl halides is 3. The van der Waals surface area contributed by atoms with Crippen LogP contribution in [-0.2, 0) is 15.8 Å². The number of carbonyl (C=O) groups excluding carboxylic acids is 3. The number of nitrogens with zero attached hydrogens (tertiary/aromatic N) is 4. The quantitative estimate of drug-likeness (QED) is 0.553. The molecular weight excluding hydrogens is 465 g/mol. The molecule has 0 atom stereocenters. The molecule has 2 saturated heterocycles. The summed E-state index contributed by atoms with van der Waals surface area (Å²) in [5.74, 6) is -0.387. The van der Waals surface area contributed by atoms with E-state index in [1.807, 2.05) is 28.9 Å². The van der Waals surface area contributed by atoms with Gasteiger partial charge >= 0.3 is 12.2 Å². The van der Waals surface area contributed by atoms with Gasteiger partial charge in [-0.3, -0.25) is 14.5 Å². The highest BCUT2D eigenvalue weighted by atomic mass is 19.4. The minimum Gasteiger partial charge on any atom is -0.355 e. The molecule has 0 aliphatic carbocycles. The average molecular weight is 486 g/mol. The molecule has 2 aromatic heterocycles. The Morgan fingerprint density at radius 2 is 1.80 bits per heavy atom. The first-order chi connectivity index (χ1) is 16.7. The van der Waals surface area contributed by atoms with Crippen LogP contribution < -0.4 is 15.5 Å². The SMILES string of the molecule is O=C(CN1C(=O)NC2(CCN(c3nccn4cccc34)CC2)C1=O)Nc1ccc(C(F)(F)F)cc1. The largest absolute Gasteiger partial charge is 0.416 e. The molecule has 0 bridgehead atoms. The number of hydrogen-bond acceptors (Lipinski definition) is 5. The van der Waals surface area contributed by atoms with E-state index in [1.54, 1.807) is 6.20 Å². The zero-order chi connectivity index (χ0) is 24.8. The van der Waals surface area contributed by atoms with Crippen molar-refractivity contribution in [3.05, 3.63) is 60.6 Å². The smallest absolute Gasteiger partial charge is 0.355 e. The normalized spacial score (nSPS) is 17.8. The number of carbonyl (C=O) groups is 3. The first kappa shape index (κ1) is 22.7. The monoisotopic (exact) mass is 486 g/mol. The number of aromatic nitrogens is 2. The maximum absolute atomic E-state index is 13.1. The summed E-state index contributed by atoms with van der Waals surface area (Å²) in [6, 6.07) is 7.11. The van der Waals surface area contributed by atoms with Gasteiger partial charge in [-0.05, 0) is 49.2 Å². The maximum atomic E-state index is 13.1. The highest BCUT2D eigenvalue weighted by molar-refractivity contribution is 6.10. The molecular formula is C23H21F3N6O3. The van der Waals surface area contributed by atoms with Crippen molar-refractivity contribution in [2.45, 2.75) is 24.6 Å². The van der Waals surface area contributed by atoms with Crippen LogP contribution in [0.1, 0.15) is 18.4 Å². The van der Waals surface area contributed by atoms with E-state index in [0.29, 0.717) is 25.9 Å². The zero-order valence-electron chi connectivity index (χ0n) is 18.4. The highest BCUT2D eigenvalue weighted by Crippen LogP contribution is 2.33. The van der Waals surface area contributed by atoms with Crippen molar-refractivity contribution in [3.63, 3.8) is 0 Å². The maximum Gasteiger partial charge on any atom is 0.416 e. The topological polar surface area (TPSA) is 99.1 Å². The van der Waals surface area contributed by atoms with E-state index < -0.39 is 41.7 Å². The fourth-order valence-corrected chi connectivity index (χ4v) is 4.54. The standard InChI is InChI=1S/C23H21F3N6O3/c24-23(25,26)15-3-5-16(6-4-15)28-18(33)14-32-20(34)22(29-21(32)35)7-11-31(12-8-22)19-17-2-1-10-30(17)13-9-27-19/h1-6,9-10,13H,7-8,11-12,14H2,(H,28,33)(H,29,35). The minimum absolute atomic E-state index is 0.130. The molecule has 1 aromatic carbocycles. The van der Waals surface area contributed by atoms with Crippen LogP contribution in [0.25, 0.3) is 5.52 Å². The highest BCUT2D eigenvalue weighted by Gasteiger charge is 2.52. The van der Waals surface area contributed by atoms with Gasteiger partial charge in [0, 0.05) is 37.4 Å². The third kappa shape index (κ3) is 4.15. The zero-order valence-corrected chi connectivity index (χ0v) is 18.4. The molecule has 0 saturated carbocycles. The number of halogens is 3.